The summed E-state index contributed by atoms with van der Waals surface area (Å²) in [6, 6.07) is 7.61. The summed E-state index contributed by atoms with van der Waals surface area (Å²) >= 11 is 0.0701. The molecule has 0 saturated heterocycles. The normalized spacial score (nSPS) is 12.4. The fourth-order valence-electron chi connectivity index (χ4n) is 1.13. The molecule has 1 aromatic carbocycles. The number of nitrogens with two attached hydrogens (primary N) is 1. The summed E-state index contributed by atoms with van der Waals surface area (Å²) < 4.78 is 5.83. The van der Waals surface area contributed by atoms with E-state index in [2.05, 4.69) is 13.8 Å². The van der Waals surface area contributed by atoms with Gasteiger partial charge >= 0.3 is 0 Å². The molecule has 1 atom stereocenters. The largest absolute Gasteiger partial charge is 0.399 e. The van der Waals surface area contributed by atoms with Crippen LogP contribution >= 0.6 is 0 Å². The van der Waals surface area contributed by atoms with E-state index in [1.807, 2.05) is 24.3 Å². The second-order valence-corrected chi connectivity index (χ2v) is 5.12. The minimum Gasteiger partial charge on any atom is -0.399 e. The molecule has 1 rings (SSSR count). The molecule has 14 heavy (non-hydrogen) atoms. The number of hydrogen-bond donors (Lipinski definition) is 1. The Balaban J connectivity index is 2.53. The van der Waals surface area contributed by atoms with Crippen molar-refractivity contribution in [2.24, 2.45) is 0 Å². The lowest BCUT2D eigenvalue weighted by atomic mass is 10.3. The Bertz CT molecular complexity index is 260. The van der Waals surface area contributed by atoms with E-state index in [1.165, 1.54) is 6.42 Å². The lowest BCUT2D eigenvalue weighted by Crippen LogP contribution is -2.16. The number of hydrogen-bond acceptors (Lipinski definition) is 2. The fourth-order valence-corrected chi connectivity index (χ4v) is 2.46. The van der Waals surface area contributed by atoms with E-state index in [0.717, 1.165) is 22.9 Å². The van der Waals surface area contributed by atoms with Gasteiger partial charge in [-0.2, -0.15) is 0 Å². The number of benzene rings is 1. The molecule has 1 aromatic rings. The van der Waals surface area contributed by atoms with Crippen LogP contribution in [-0.2, 0) is 11.2 Å². The molecule has 78 valence electrons. The third-order valence-electron chi connectivity index (χ3n) is 1.85. The van der Waals surface area contributed by atoms with Crippen LogP contribution in [0.1, 0.15) is 20.3 Å². The van der Waals surface area contributed by atoms with Gasteiger partial charge in [0.2, 0.25) is 0 Å². The average molecular weight is 212 g/mol. The molecule has 0 heterocycles. The molecular formula is C11H18NOS+. The molecule has 3 heteroatoms. The second kappa shape index (κ2) is 5.81. The molecule has 0 fully saturated rings. The van der Waals surface area contributed by atoms with E-state index >= 15 is 0 Å². The van der Waals surface area contributed by atoms with Crippen molar-refractivity contribution in [3.8, 4) is 5.75 Å². The smallest absolute Gasteiger partial charge is 0.197 e. The first kappa shape index (κ1) is 11.2. The van der Waals surface area contributed by atoms with E-state index in [0.29, 0.717) is 0 Å². The molecule has 0 saturated carbocycles. The van der Waals surface area contributed by atoms with Gasteiger partial charge < -0.3 is 5.73 Å². The van der Waals surface area contributed by atoms with Crippen molar-refractivity contribution >= 4 is 16.9 Å². The highest BCUT2D eigenvalue weighted by Gasteiger charge is 2.17. The van der Waals surface area contributed by atoms with E-state index < -0.39 is 0 Å². The Hall–Kier alpha value is -0.830. The topological polar surface area (TPSA) is 35.2 Å². The fraction of sp³-hybridized carbons (Fsp3) is 0.455. The third kappa shape index (κ3) is 3.50. The molecule has 0 aliphatic heterocycles. The van der Waals surface area contributed by atoms with Gasteiger partial charge in [-0.3, -0.25) is 4.18 Å². The van der Waals surface area contributed by atoms with Crippen LogP contribution in [0.15, 0.2) is 24.3 Å². The zero-order chi connectivity index (χ0) is 10.4. The second-order valence-electron chi connectivity index (χ2n) is 3.08. The highest BCUT2D eigenvalue weighted by Crippen LogP contribution is 2.16. The zero-order valence-corrected chi connectivity index (χ0v) is 9.64. The van der Waals surface area contributed by atoms with Gasteiger partial charge in [0.1, 0.15) is 5.75 Å². The molecule has 2 N–H and O–H groups in total. The van der Waals surface area contributed by atoms with Crippen LogP contribution in [-0.4, -0.2) is 11.5 Å². The van der Waals surface area contributed by atoms with Crippen LogP contribution in [0.3, 0.4) is 0 Å². The summed E-state index contributed by atoms with van der Waals surface area (Å²) in [5, 5.41) is 0. The molecular weight excluding hydrogens is 194 g/mol. The van der Waals surface area contributed by atoms with Gasteiger partial charge in [0.25, 0.3) is 0 Å². The Morgan fingerprint density at radius 2 is 1.86 bits per heavy atom. The van der Waals surface area contributed by atoms with Gasteiger partial charge in [-0.05, 0) is 37.6 Å². The number of nitrogen functional groups attached to an aromatic ring is 1. The molecule has 0 spiro atoms. The summed E-state index contributed by atoms with van der Waals surface area (Å²) in [4.78, 5) is 0. The highest BCUT2D eigenvalue weighted by atomic mass is 32.2. The van der Waals surface area contributed by atoms with Crippen molar-refractivity contribution in [1.82, 2.24) is 0 Å². The van der Waals surface area contributed by atoms with Crippen LogP contribution in [0.4, 0.5) is 5.69 Å². The Morgan fingerprint density at radius 3 is 2.36 bits per heavy atom. The standard InChI is InChI=1S/C11H18NOS/c1-3-9-14(4-2)13-11-7-5-10(12)6-8-11/h5-8H,3-4,9,12H2,1-2H3/q+1. The van der Waals surface area contributed by atoms with Gasteiger partial charge in [-0.1, -0.05) is 6.92 Å². The summed E-state index contributed by atoms with van der Waals surface area (Å²) in [7, 11) is 0. The first-order chi connectivity index (χ1) is 6.76. The van der Waals surface area contributed by atoms with Crippen molar-refractivity contribution in [1.29, 1.82) is 0 Å². The predicted molar refractivity (Wildman–Crippen MR) is 64.5 cm³/mol. The predicted octanol–water partition coefficient (Wildman–Crippen LogP) is 2.61. The van der Waals surface area contributed by atoms with Gasteiger partial charge in [-0.25, -0.2) is 0 Å². The quantitative estimate of drug-likeness (QED) is 0.601. The molecule has 1 unspecified atom stereocenters. The molecule has 0 aromatic heterocycles. The van der Waals surface area contributed by atoms with Gasteiger partial charge in [0, 0.05) is 5.69 Å². The Morgan fingerprint density at radius 1 is 1.21 bits per heavy atom. The molecule has 0 radical (unpaired) electrons. The SMILES string of the molecule is CCC[S+](CC)Oc1ccc(N)cc1. The molecule has 0 aliphatic carbocycles. The van der Waals surface area contributed by atoms with Crippen LogP contribution in [0.5, 0.6) is 5.75 Å². The average Bonchev–Trinajstić information content (AvgIpc) is 2.20. The first-order valence-electron chi connectivity index (χ1n) is 4.97. The van der Waals surface area contributed by atoms with E-state index in [4.69, 9.17) is 9.92 Å². The molecule has 0 bridgehead atoms. The van der Waals surface area contributed by atoms with Crippen LogP contribution in [0.25, 0.3) is 0 Å². The minimum absolute atomic E-state index is 0.0701. The van der Waals surface area contributed by atoms with E-state index in [-0.39, 0.29) is 11.2 Å². The molecule has 0 amide bonds. The molecule has 0 aliphatic rings. The molecule has 2 nitrogen and oxygen atoms in total. The van der Waals surface area contributed by atoms with Crippen LogP contribution in [0, 0.1) is 0 Å². The maximum atomic E-state index is 5.83. The maximum Gasteiger partial charge on any atom is 0.197 e. The highest BCUT2D eigenvalue weighted by molar-refractivity contribution is 7.92. The van der Waals surface area contributed by atoms with E-state index in [9.17, 15) is 0 Å². The van der Waals surface area contributed by atoms with Crippen molar-refractivity contribution in [2.75, 3.05) is 17.2 Å². The van der Waals surface area contributed by atoms with Crippen molar-refractivity contribution < 1.29 is 4.18 Å². The Kier molecular flexibility index (Phi) is 4.66. The lowest BCUT2D eigenvalue weighted by molar-refractivity contribution is 0.624. The van der Waals surface area contributed by atoms with Crippen molar-refractivity contribution in [3.05, 3.63) is 24.3 Å². The third-order valence-corrected chi connectivity index (χ3v) is 3.78. The van der Waals surface area contributed by atoms with Crippen molar-refractivity contribution in [3.63, 3.8) is 0 Å². The van der Waals surface area contributed by atoms with Crippen LogP contribution < -0.4 is 9.92 Å². The summed E-state index contributed by atoms with van der Waals surface area (Å²) in [5.41, 5.74) is 6.38. The summed E-state index contributed by atoms with van der Waals surface area (Å²) in [5.74, 6) is 3.15. The number of rotatable bonds is 5. The van der Waals surface area contributed by atoms with Gasteiger partial charge in [0.05, 0.1) is 0 Å². The van der Waals surface area contributed by atoms with Crippen molar-refractivity contribution in [2.45, 2.75) is 20.3 Å². The van der Waals surface area contributed by atoms with Crippen LogP contribution in [0.2, 0.25) is 0 Å². The zero-order valence-electron chi connectivity index (χ0n) is 8.82. The minimum atomic E-state index is 0.0701. The van der Waals surface area contributed by atoms with Gasteiger partial charge in [-0.15, -0.1) is 0 Å². The van der Waals surface area contributed by atoms with E-state index in [1.54, 1.807) is 0 Å². The van der Waals surface area contributed by atoms with Gasteiger partial charge in [0.15, 0.2) is 22.7 Å². The summed E-state index contributed by atoms with van der Waals surface area (Å²) in [6.45, 7) is 4.35. The summed E-state index contributed by atoms with van der Waals surface area (Å²) in [6.07, 6.45) is 1.17. The number of anilines is 1. The lowest BCUT2D eigenvalue weighted by Gasteiger charge is -2.05. The monoisotopic (exact) mass is 212 g/mol. The Labute approximate surface area is 89.0 Å². The maximum absolute atomic E-state index is 5.83. The first-order valence-corrected chi connectivity index (χ1v) is 6.46.